The molecule has 4 N–H and O–H groups in total. The molecule has 1 saturated heterocycles. The van der Waals surface area contributed by atoms with Gasteiger partial charge in [0.15, 0.2) is 6.29 Å². The van der Waals surface area contributed by atoms with Crippen molar-refractivity contribution in [1.29, 1.82) is 0 Å². The van der Waals surface area contributed by atoms with Crippen molar-refractivity contribution in [1.82, 2.24) is 0 Å². The highest BCUT2D eigenvalue weighted by Crippen LogP contribution is 2.73. The first-order valence-electron chi connectivity index (χ1n) is 14.7. The molecular weight excluding hydrogens is 468 g/mol. The number of fused-ring (bicyclic) bond motifs is 5. The Kier molecular flexibility index (Phi) is 6.63. The highest BCUT2D eigenvalue weighted by Gasteiger charge is 2.68. The van der Waals surface area contributed by atoms with E-state index in [9.17, 15) is 20.4 Å². The predicted octanol–water partition coefficient (Wildman–Crippen LogP) is 4.43. The Morgan fingerprint density at radius 1 is 1.00 bits per heavy atom. The van der Waals surface area contributed by atoms with Crippen molar-refractivity contribution >= 4 is 0 Å². The maximum Gasteiger partial charge on any atom is 0.160 e. The Hall–Kier alpha value is -0.500. The summed E-state index contributed by atoms with van der Waals surface area (Å²) < 4.78 is 12.0. The molecule has 0 radical (unpaired) electrons. The van der Waals surface area contributed by atoms with Crippen molar-refractivity contribution in [3.63, 3.8) is 0 Å². The van der Waals surface area contributed by atoms with Crippen molar-refractivity contribution < 1.29 is 29.9 Å². The third-order valence-corrected chi connectivity index (χ3v) is 12.7. The number of methoxy groups -OCH3 is 1. The molecule has 37 heavy (non-hydrogen) atoms. The fraction of sp³-hybridized carbons (Fsp3) is 0.935. The predicted molar refractivity (Wildman–Crippen MR) is 142 cm³/mol. The van der Waals surface area contributed by atoms with Gasteiger partial charge in [0.1, 0.15) is 6.10 Å². The van der Waals surface area contributed by atoms with E-state index in [1.807, 2.05) is 0 Å². The molecule has 1 aliphatic heterocycles. The van der Waals surface area contributed by atoms with E-state index in [0.717, 1.165) is 38.5 Å². The molecule has 5 rings (SSSR count). The van der Waals surface area contributed by atoms with Crippen LogP contribution in [0.5, 0.6) is 0 Å². The summed E-state index contributed by atoms with van der Waals surface area (Å²) in [5.41, 5.74) is -0.307. The summed E-state index contributed by atoms with van der Waals surface area (Å²) in [6, 6.07) is 0. The Balaban J connectivity index is 1.45. The number of hydrogen-bond acceptors (Lipinski definition) is 6. The van der Waals surface area contributed by atoms with Gasteiger partial charge in [0, 0.05) is 18.4 Å². The van der Waals surface area contributed by atoms with Gasteiger partial charge in [-0.3, -0.25) is 0 Å². The van der Waals surface area contributed by atoms with Crippen molar-refractivity contribution in [3.05, 3.63) is 11.6 Å². The number of hydrogen-bond donors (Lipinski definition) is 4. The van der Waals surface area contributed by atoms with Gasteiger partial charge in [0.25, 0.3) is 0 Å². The molecule has 212 valence electrons. The van der Waals surface area contributed by atoms with Crippen LogP contribution in [0.15, 0.2) is 11.6 Å². The van der Waals surface area contributed by atoms with Crippen molar-refractivity contribution in [2.45, 2.75) is 130 Å². The first-order chi connectivity index (χ1) is 17.0. The number of aliphatic hydroxyl groups excluding tert-OH is 3. The maximum absolute atomic E-state index is 11.9. The Bertz CT molecular complexity index is 923. The average molecular weight is 521 g/mol. The quantitative estimate of drug-likeness (QED) is 0.409. The van der Waals surface area contributed by atoms with Crippen LogP contribution >= 0.6 is 0 Å². The molecule has 0 amide bonds. The van der Waals surface area contributed by atoms with Crippen LogP contribution in [0.2, 0.25) is 0 Å². The van der Waals surface area contributed by atoms with Crippen LogP contribution in [0.4, 0.5) is 0 Å². The monoisotopic (exact) mass is 520 g/mol. The Labute approximate surface area is 223 Å². The fourth-order valence-electron chi connectivity index (χ4n) is 10.6. The Morgan fingerprint density at radius 2 is 1.68 bits per heavy atom. The molecule has 5 aliphatic rings. The number of aliphatic hydroxyl groups is 4. The highest BCUT2D eigenvalue weighted by atomic mass is 16.7. The van der Waals surface area contributed by atoms with E-state index in [-0.39, 0.29) is 33.7 Å². The van der Waals surface area contributed by atoms with Gasteiger partial charge in [-0.2, -0.15) is 0 Å². The van der Waals surface area contributed by atoms with E-state index < -0.39 is 30.2 Å². The zero-order chi connectivity index (χ0) is 27.3. The smallest absolute Gasteiger partial charge is 0.160 e. The molecule has 1 heterocycles. The maximum atomic E-state index is 11.9. The van der Waals surface area contributed by atoms with Gasteiger partial charge in [-0.15, -0.1) is 0 Å². The SMILES string of the molecule is CO[C@H]1O[C@@H]([C@H](O)C(C)(C)O)C[C@H]1[C@@H]1CC=C2[C@]3(C)[C@H](O)C[C@H]4C(C)(C)[C@@H](O)CC[C@]4(C)[C@H]3CC[C@]21C. The summed E-state index contributed by atoms with van der Waals surface area (Å²) in [5, 5.41) is 44.0. The van der Waals surface area contributed by atoms with Crippen LogP contribution in [0, 0.1) is 45.3 Å². The van der Waals surface area contributed by atoms with Gasteiger partial charge in [-0.05, 0) is 92.8 Å². The zero-order valence-electron chi connectivity index (χ0n) is 24.3. The normalized spacial score (nSPS) is 52.2. The van der Waals surface area contributed by atoms with Crippen LogP contribution in [0.3, 0.4) is 0 Å². The number of ether oxygens (including phenoxy) is 2. The lowest BCUT2D eigenvalue weighted by Crippen LogP contribution is -2.65. The molecule has 12 atom stereocenters. The summed E-state index contributed by atoms with van der Waals surface area (Å²) >= 11 is 0. The van der Waals surface area contributed by atoms with Crippen LogP contribution in [-0.2, 0) is 9.47 Å². The molecule has 0 aromatic heterocycles. The molecule has 4 fully saturated rings. The van der Waals surface area contributed by atoms with Gasteiger partial charge in [0.05, 0.1) is 23.9 Å². The first-order valence-corrected chi connectivity index (χ1v) is 14.7. The molecule has 6 heteroatoms. The van der Waals surface area contributed by atoms with E-state index in [1.165, 1.54) is 5.57 Å². The molecule has 6 nitrogen and oxygen atoms in total. The van der Waals surface area contributed by atoms with E-state index in [0.29, 0.717) is 24.2 Å². The Morgan fingerprint density at radius 3 is 2.30 bits per heavy atom. The highest BCUT2D eigenvalue weighted by molar-refractivity contribution is 5.36. The van der Waals surface area contributed by atoms with Gasteiger partial charge >= 0.3 is 0 Å². The summed E-state index contributed by atoms with van der Waals surface area (Å²) in [7, 11) is 1.67. The topological polar surface area (TPSA) is 99.4 Å². The third-order valence-electron chi connectivity index (χ3n) is 12.7. The molecular formula is C31H52O6. The third kappa shape index (κ3) is 3.79. The van der Waals surface area contributed by atoms with Crippen LogP contribution in [0.25, 0.3) is 0 Å². The number of allylic oxidation sites excluding steroid dienone is 1. The summed E-state index contributed by atoms with van der Waals surface area (Å²) in [6.07, 6.45) is 6.10. The lowest BCUT2D eigenvalue weighted by molar-refractivity contribution is -0.214. The second-order valence-electron chi connectivity index (χ2n) is 15.2. The second-order valence-corrected chi connectivity index (χ2v) is 15.2. The number of rotatable bonds is 4. The van der Waals surface area contributed by atoms with E-state index in [1.54, 1.807) is 21.0 Å². The van der Waals surface area contributed by atoms with Crippen molar-refractivity contribution in [2.24, 2.45) is 45.3 Å². The largest absolute Gasteiger partial charge is 0.393 e. The summed E-state index contributed by atoms with van der Waals surface area (Å²) in [4.78, 5) is 0. The van der Waals surface area contributed by atoms with Crippen LogP contribution in [-0.4, -0.2) is 63.8 Å². The molecule has 0 spiro atoms. The standard InChI is InChI=1S/C31H52O6/c1-27(2)22-16-24(33)31(7)20-10-9-18(17-15-19(37-26(17)36-8)25(34)28(3,4)35)29(20,5)13-11-21(31)30(22,6)14-12-23(27)32/h10,17-19,21-26,32-35H,9,11-16H2,1-8H3/t17-,18-,19+,21+,22-,23-,24+,25-,26-,29-,30+,31-/m0/s1. The van der Waals surface area contributed by atoms with Crippen molar-refractivity contribution in [2.75, 3.05) is 7.11 Å². The lowest BCUT2D eigenvalue weighted by Gasteiger charge is -2.68. The minimum Gasteiger partial charge on any atom is -0.393 e. The zero-order valence-corrected chi connectivity index (χ0v) is 24.3. The van der Waals surface area contributed by atoms with Crippen LogP contribution in [0.1, 0.15) is 93.4 Å². The van der Waals surface area contributed by atoms with Crippen molar-refractivity contribution in [3.8, 4) is 0 Å². The minimum absolute atomic E-state index is 0.0709. The van der Waals surface area contributed by atoms with Gasteiger partial charge < -0.3 is 29.9 Å². The van der Waals surface area contributed by atoms with Gasteiger partial charge in [-0.25, -0.2) is 0 Å². The first kappa shape index (κ1) is 28.0. The summed E-state index contributed by atoms with van der Waals surface area (Å²) in [6.45, 7) is 14.8. The molecule has 0 unspecified atom stereocenters. The van der Waals surface area contributed by atoms with E-state index in [4.69, 9.17) is 9.47 Å². The average Bonchev–Trinajstić information content (AvgIpc) is 3.38. The molecule has 0 bridgehead atoms. The second kappa shape index (κ2) is 8.75. The molecule has 0 aromatic carbocycles. The minimum atomic E-state index is -1.24. The molecule has 0 aromatic rings. The molecule has 3 saturated carbocycles. The van der Waals surface area contributed by atoms with E-state index >= 15 is 0 Å². The van der Waals surface area contributed by atoms with E-state index in [2.05, 4.69) is 40.7 Å². The van der Waals surface area contributed by atoms with Gasteiger partial charge in [-0.1, -0.05) is 46.3 Å². The van der Waals surface area contributed by atoms with Gasteiger partial charge in [0.2, 0.25) is 0 Å². The summed E-state index contributed by atoms with van der Waals surface area (Å²) in [5.74, 6) is 1.08. The van der Waals surface area contributed by atoms with Crippen LogP contribution < -0.4 is 0 Å². The fourth-order valence-corrected chi connectivity index (χ4v) is 10.6. The lowest BCUT2D eigenvalue weighted by atomic mass is 9.37. The molecule has 4 aliphatic carbocycles.